The van der Waals surface area contributed by atoms with Crippen molar-refractivity contribution in [2.24, 2.45) is 0 Å². The van der Waals surface area contributed by atoms with Gasteiger partial charge < -0.3 is 9.47 Å². The number of imidazole rings is 1. The second-order valence-electron chi connectivity index (χ2n) is 8.01. The molecule has 0 bridgehead atoms. The molecule has 1 atom stereocenters. The number of aryl methyl sites for hydroxylation is 2. The molecule has 5 rings (SSSR count). The fourth-order valence-electron chi connectivity index (χ4n) is 4.43. The standard InChI is InChI=1S/C26H25N3O/c30-25-17-22(19-28(25)18-21-11-5-2-6-12-21)26-27-23-13-7-8-14-24(23)29(26)16-15-20-9-3-1-4-10-20/h1-14,22H,15-19H2/t22-/m0/s1. The van der Waals surface area contributed by atoms with Gasteiger partial charge in [-0.1, -0.05) is 72.8 Å². The van der Waals surface area contributed by atoms with Gasteiger partial charge in [0.05, 0.1) is 11.0 Å². The second-order valence-corrected chi connectivity index (χ2v) is 8.01. The van der Waals surface area contributed by atoms with Crippen LogP contribution in [-0.2, 0) is 24.3 Å². The van der Waals surface area contributed by atoms with E-state index in [9.17, 15) is 4.79 Å². The van der Waals surface area contributed by atoms with Crippen LogP contribution in [0.2, 0.25) is 0 Å². The molecule has 4 aromatic rings. The zero-order valence-corrected chi connectivity index (χ0v) is 16.9. The number of hydrogen-bond donors (Lipinski definition) is 0. The van der Waals surface area contributed by atoms with Crippen LogP contribution in [0, 0.1) is 0 Å². The zero-order chi connectivity index (χ0) is 20.3. The SMILES string of the molecule is O=C1C[C@H](c2nc3ccccc3n2CCc2ccccc2)CN1Cc1ccccc1. The molecule has 150 valence electrons. The number of aromatic nitrogens is 2. The van der Waals surface area contributed by atoms with Crippen molar-refractivity contribution in [3.8, 4) is 0 Å². The lowest BCUT2D eigenvalue weighted by Gasteiger charge is -2.17. The Hall–Kier alpha value is -3.40. The van der Waals surface area contributed by atoms with Gasteiger partial charge in [0.2, 0.25) is 5.91 Å². The molecule has 1 amide bonds. The van der Waals surface area contributed by atoms with Gasteiger partial charge in [-0.3, -0.25) is 4.79 Å². The van der Waals surface area contributed by atoms with E-state index in [-0.39, 0.29) is 11.8 Å². The number of carbonyl (C=O) groups excluding carboxylic acids is 1. The summed E-state index contributed by atoms with van der Waals surface area (Å²) in [5, 5.41) is 0. The molecule has 4 nitrogen and oxygen atoms in total. The third-order valence-corrected chi connectivity index (χ3v) is 5.95. The molecule has 4 heteroatoms. The van der Waals surface area contributed by atoms with Gasteiger partial charge in [0, 0.05) is 32.0 Å². The summed E-state index contributed by atoms with van der Waals surface area (Å²) in [6.07, 6.45) is 1.48. The Labute approximate surface area is 176 Å². The first kappa shape index (κ1) is 18.6. The minimum atomic E-state index is 0.129. The van der Waals surface area contributed by atoms with Crippen molar-refractivity contribution < 1.29 is 4.79 Å². The molecule has 0 aliphatic carbocycles. The summed E-state index contributed by atoms with van der Waals surface area (Å²) in [4.78, 5) is 19.7. The maximum atomic E-state index is 12.8. The number of carbonyl (C=O) groups is 1. The van der Waals surface area contributed by atoms with E-state index in [1.807, 2.05) is 35.2 Å². The first-order valence-corrected chi connectivity index (χ1v) is 10.6. The van der Waals surface area contributed by atoms with Gasteiger partial charge in [-0.2, -0.15) is 0 Å². The van der Waals surface area contributed by atoms with Gasteiger partial charge in [-0.15, -0.1) is 0 Å². The summed E-state index contributed by atoms with van der Waals surface area (Å²) < 4.78 is 2.33. The van der Waals surface area contributed by atoms with Gasteiger partial charge in [-0.05, 0) is 29.7 Å². The van der Waals surface area contributed by atoms with Crippen LogP contribution < -0.4 is 0 Å². The van der Waals surface area contributed by atoms with Crippen LogP contribution in [0.4, 0.5) is 0 Å². The quantitative estimate of drug-likeness (QED) is 0.471. The number of fused-ring (bicyclic) bond motifs is 1. The maximum absolute atomic E-state index is 12.8. The minimum Gasteiger partial charge on any atom is -0.338 e. The summed E-state index contributed by atoms with van der Waals surface area (Å²) >= 11 is 0. The highest BCUT2D eigenvalue weighted by Gasteiger charge is 2.33. The first-order chi connectivity index (χ1) is 14.8. The molecule has 0 spiro atoms. The van der Waals surface area contributed by atoms with Gasteiger partial charge in [0.25, 0.3) is 0 Å². The van der Waals surface area contributed by atoms with E-state index in [2.05, 4.69) is 59.2 Å². The predicted molar refractivity (Wildman–Crippen MR) is 119 cm³/mol. The van der Waals surface area contributed by atoms with Crippen LogP contribution in [0.1, 0.15) is 29.3 Å². The molecule has 2 heterocycles. The molecule has 0 unspecified atom stereocenters. The average molecular weight is 396 g/mol. The highest BCUT2D eigenvalue weighted by molar-refractivity contribution is 5.81. The molecule has 1 aliphatic rings. The van der Waals surface area contributed by atoms with E-state index >= 15 is 0 Å². The number of benzene rings is 3. The van der Waals surface area contributed by atoms with E-state index in [0.29, 0.717) is 13.0 Å². The van der Waals surface area contributed by atoms with E-state index in [1.165, 1.54) is 11.1 Å². The monoisotopic (exact) mass is 395 g/mol. The topological polar surface area (TPSA) is 38.1 Å². The van der Waals surface area contributed by atoms with Crippen molar-refractivity contribution in [3.63, 3.8) is 0 Å². The van der Waals surface area contributed by atoms with Crippen LogP contribution in [0.3, 0.4) is 0 Å². The van der Waals surface area contributed by atoms with Crippen molar-refractivity contribution in [2.75, 3.05) is 6.54 Å². The highest BCUT2D eigenvalue weighted by Crippen LogP contribution is 2.31. The van der Waals surface area contributed by atoms with Crippen molar-refractivity contribution >= 4 is 16.9 Å². The predicted octanol–water partition coefficient (Wildman–Crippen LogP) is 4.80. The number of hydrogen-bond acceptors (Lipinski definition) is 2. The summed E-state index contributed by atoms with van der Waals surface area (Å²) in [6, 6.07) is 29.1. The Morgan fingerprint density at radius 2 is 1.50 bits per heavy atom. The number of rotatable bonds is 6. The van der Waals surface area contributed by atoms with E-state index in [4.69, 9.17) is 4.98 Å². The third kappa shape index (κ3) is 3.73. The Morgan fingerprint density at radius 1 is 0.833 bits per heavy atom. The normalized spacial score (nSPS) is 16.5. The molecule has 1 fully saturated rings. The summed E-state index contributed by atoms with van der Waals surface area (Å²) in [7, 11) is 0. The molecular formula is C26H25N3O. The van der Waals surface area contributed by atoms with Crippen molar-refractivity contribution in [2.45, 2.75) is 31.8 Å². The Morgan fingerprint density at radius 3 is 2.27 bits per heavy atom. The molecule has 1 saturated heterocycles. The van der Waals surface area contributed by atoms with Crippen LogP contribution in [0.5, 0.6) is 0 Å². The van der Waals surface area contributed by atoms with E-state index in [0.717, 1.165) is 36.4 Å². The first-order valence-electron chi connectivity index (χ1n) is 10.6. The Balaban J connectivity index is 1.41. The summed E-state index contributed by atoms with van der Waals surface area (Å²) in [6.45, 7) is 2.26. The fraction of sp³-hybridized carbons (Fsp3) is 0.231. The van der Waals surface area contributed by atoms with Crippen LogP contribution in [0.25, 0.3) is 11.0 Å². The smallest absolute Gasteiger partial charge is 0.223 e. The zero-order valence-electron chi connectivity index (χ0n) is 16.9. The molecule has 1 aliphatic heterocycles. The molecular weight excluding hydrogens is 370 g/mol. The summed E-state index contributed by atoms with van der Waals surface area (Å²) in [5.74, 6) is 1.38. The molecule has 0 saturated carbocycles. The van der Waals surface area contributed by atoms with Gasteiger partial charge >= 0.3 is 0 Å². The largest absolute Gasteiger partial charge is 0.338 e. The number of amides is 1. The van der Waals surface area contributed by atoms with E-state index < -0.39 is 0 Å². The lowest BCUT2D eigenvalue weighted by molar-refractivity contribution is -0.128. The fourth-order valence-corrected chi connectivity index (χ4v) is 4.43. The van der Waals surface area contributed by atoms with Crippen LogP contribution in [-0.4, -0.2) is 26.9 Å². The maximum Gasteiger partial charge on any atom is 0.223 e. The van der Waals surface area contributed by atoms with Crippen LogP contribution in [0.15, 0.2) is 84.9 Å². The second kappa shape index (κ2) is 8.15. The number of likely N-dealkylation sites (tertiary alicyclic amines) is 1. The number of nitrogens with zero attached hydrogens (tertiary/aromatic N) is 3. The van der Waals surface area contributed by atoms with Gasteiger partial charge in [0.15, 0.2) is 0 Å². The van der Waals surface area contributed by atoms with Gasteiger partial charge in [0.1, 0.15) is 5.82 Å². The Bertz CT molecular complexity index is 1150. The van der Waals surface area contributed by atoms with Crippen molar-refractivity contribution in [1.29, 1.82) is 0 Å². The van der Waals surface area contributed by atoms with E-state index in [1.54, 1.807) is 0 Å². The molecule has 0 N–H and O–H groups in total. The number of para-hydroxylation sites is 2. The highest BCUT2D eigenvalue weighted by atomic mass is 16.2. The summed E-state index contributed by atoms with van der Waals surface area (Å²) in [5.41, 5.74) is 4.64. The molecule has 3 aromatic carbocycles. The van der Waals surface area contributed by atoms with Gasteiger partial charge in [-0.25, -0.2) is 4.98 Å². The lowest BCUT2D eigenvalue weighted by atomic mass is 10.1. The minimum absolute atomic E-state index is 0.129. The van der Waals surface area contributed by atoms with Crippen LogP contribution >= 0.6 is 0 Å². The molecule has 1 aromatic heterocycles. The lowest BCUT2D eigenvalue weighted by Crippen LogP contribution is -2.24. The Kier molecular flexibility index (Phi) is 5.06. The molecule has 30 heavy (non-hydrogen) atoms. The third-order valence-electron chi connectivity index (χ3n) is 5.95. The molecule has 0 radical (unpaired) electrons. The van der Waals surface area contributed by atoms with Crippen molar-refractivity contribution in [3.05, 3.63) is 102 Å². The van der Waals surface area contributed by atoms with Crippen molar-refractivity contribution in [1.82, 2.24) is 14.5 Å². The average Bonchev–Trinajstić information content (AvgIpc) is 3.34.